The number of halogens is 1. The summed E-state index contributed by atoms with van der Waals surface area (Å²) in [5.41, 5.74) is 2.87. The minimum atomic E-state index is 1.13. The summed E-state index contributed by atoms with van der Waals surface area (Å²) in [4.78, 5) is 0. The van der Waals surface area contributed by atoms with Gasteiger partial charge in [-0.25, -0.2) is 0 Å². The van der Waals surface area contributed by atoms with Crippen LogP contribution >= 0.6 is 33.9 Å². The summed E-state index contributed by atoms with van der Waals surface area (Å²) < 4.78 is 2.82. The monoisotopic (exact) mass is 302 g/mol. The second-order valence-corrected chi connectivity index (χ2v) is 5.29. The highest BCUT2D eigenvalue weighted by atomic mass is 127. The van der Waals surface area contributed by atoms with Crippen molar-refractivity contribution in [1.82, 2.24) is 0 Å². The first kappa shape index (κ1) is 9.46. The lowest BCUT2D eigenvalue weighted by molar-refractivity contribution is 1.13. The molecule has 1 heterocycles. The standard InChI is InChI=1S/C11H11IS/c1-3-8-4-11-9(5-10(8)12)7(2)6-13-11/h4-6H,3H2,1-2H3. The Kier molecular flexibility index (Phi) is 2.60. The van der Waals surface area contributed by atoms with Crippen molar-refractivity contribution in [2.75, 3.05) is 0 Å². The number of hydrogen-bond acceptors (Lipinski definition) is 1. The van der Waals surface area contributed by atoms with Gasteiger partial charge in [-0.15, -0.1) is 11.3 Å². The molecule has 0 bridgehead atoms. The zero-order valence-electron chi connectivity index (χ0n) is 7.73. The van der Waals surface area contributed by atoms with Gasteiger partial charge in [0.1, 0.15) is 0 Å². The van der Waals surface area contributed by atoms with Gasteiger partial charge in [-0.1, -0.05) is 6.92 Å². The van der Waals surface area contributed by atoms with E-state index < -0.39 is 0 Å². The zero-order valence-corrected chi connectivity index (χ0v) is 10.7. The highest BCUT2D eigenvalue weighted by Gasteiger charge is 2.04. The summed E-state index contributed by atoms with van der Waals surface area (Å²) in [6.45, 7) is 4.39. The SMILES string of the molecule is CCc1cc2scc(C)c2cc1I. The smallest absolute Gasteiger partial charge is 0.0348 e. The topological polar surface area (TPSA) is 0 Å². The number of benzene rings is 1. The van der Waals surface area contributed by atoms with E-state index in [1.165, 1.54) is 24.8 Å². The number of rotatable bonds is 1. The Morgan fingerprint density at radius 1 is 1.38 bits per heavy atom. The molecule has 2 heteroatoms. The molecule has 1 aromatic carbocycles. The van der Waals surface area contributed by atoms with Gasteiger partial charge < -0.3 is 0 Å². The molecule has 0 nitrogen and oxygen atoms in total. The van der Waals surface area contributed by atoms with Gasteiger partial charge in [-0.05, 0) is 70.0 Å². The molecule has 0 fully saturated rings. The molecule has 0 aliphatic rings. The van der Waals surface area contributed by atoms with Crippen LogP contribution in [0, 0.1) is 10.5 Å². The average molecular weight is 302 g/mol. The Morgan fingerprint density at radius 3 is 2.85 bits per heavy atom. The molecule has 0 atom stereocenters. The van der Waals surface area contributed by atoms with E-state index in [0.29, 0.717) is 0 Å². The van der Waals surface area contributed by atoms with Gasteiger partial charge in [-0.2, -0.15) is 0 Å². The molecule has 68 valence electrons. The van der Waals surface area contributed by atoms with Gasteiger partial charge in [0.05, 0.1) is 0 Å². The summed E-state index contributed by atoms with van der Waals surface area (Å²) in [5, 5.41) is 3.66. The molecule has 0 unspecified atom stereocenters. The highest BCUT2D eigenvalue weighted by molar-refractivity contribution is 14.1. The minimum absolute atomic E-state index is 1.13. The van der Waals surface area contributed by atoms with Crippen molar-refractivity contribution in [2.24, 2.45) is 0 Å². The van der Waals surface area contributed by atoms with Crippen LogP contribution in [0.3, 0.4) is 0 Å². The predicted octanol–water partition coefficient (Wildman–Crippen LogP) is 4.38. The molecular weight excluding hydrogens is 291 g/mol. The van der Waals surface area contributed by atoms with Crippen molar-refractivity contribution in [1.29, 1.82) is 0 Å². The fourth-order valence-corrected chi connectivity index (χ4v) is 3.32. The molecule has 13 heavy (non-hydrogen) atoms. The molecule has 0 radical (unpaired) electrons. The third kappa shape index (κ3) is 1.62. The van der Waals surface area contributed by atoms with Crippen molar-refractivity contribution in [3.63, 3.8) is 0 Å². The summed E-state index contributed by atoms with van der Waals surface area (Å²) in [5.74, 6) is 0. The van der Waals surface area contributed by atoms with Gasteiger partial charge >= 0.3 is 0 Å². The van der Waals surface area contributed by atoms with Crippen LogP contribution in [0.4, 0.5) is 0 Å². The third-order valence-corrected chi connectivity index (χ3v) is 4.38. The highest BCUT2D eigenvalue weighted by Crippen LogP contribution is 2.29. The summed E-state index contributed by atoms with van der Waals surface area (Å²) >= 11 is 4.28. The molecule has 0 saturated carbocycles. The van der Waals surface area contributed by atoms with Crippen molar-refractivity contribution < 1.29 is 0 Å². The van der Waals surface area contributed by atoms with Gasteiger partial charge in [-0.3, -0.25) is 0 Å². The van der Waals surface area contributed by atoms with E-state index in [2.05, 4.69) is 54.0 Å². The maximum absolute atomic E-state index is 2.43. The molecule has 0 saturated heterocycles. The quantitative estimate of drug-likeness (QED) is 0.686. The van der Waals surface area contributed by atoms with E-state index in [4.69, 9.17) is 0 Å². The molecule has 0 amide bonds. The van der Waals surface area contributed by atoms with Crippen LogP contribution in [0.2, 0.25) is 0 Å². The lowest BCUT2D eigenvalue weighted by Gasteiger charge is -2.01. The number of thiophene rings is 1. The molecule has 0 aliphatic heterocycles. The largest absolute Gasteiger partial charge is 0.144 e. The van der Waals surface area contributed by atoms with E-state index >= 15 is 0 Å². The van der Waals surface area contributed by atoms with Crippen LogP contribution in [0.25, 0.3) is 10.1 Å². The van der Waals surface area contributed by atoms with Crippen molar-refractivity contribution in [3.05, 3.63) is 32.2 Å². The normalized spacial score (nSPS) is 11.0. The van der Waals surface area contributed by atoms with Crippen LogP contribution in [0.5, 0.6) is 0 Å². The predicted molar refractivity (Wildman–Crippen MR) is 68.7 cm³/mol. The van der Waals surface area contributed by atoms with E-state index in [1.807, 2.05) is 11.3 Å². The van der Waals surface area contributed by atoms with Crippen molar-refractivity contribution in [2.45, 2.75) is 20.3 Å². The Bertz CT molecular complexity index is 443. The first-order valence-electron chi connectivity index (χ1n) is 4.38. The molecule has 2 rings (SSSR count). The summed E-state index contributed by atoms with van der Waals surface area (Å²) in [6.07, 6.45) is 1.13. The zero-order chi connectivity index (χ0) is 9.42. The van der Waals surface area contributed by atoms with E-state index in [9.17, 15) is 0 Å². The van der Waals surface area contributed by atoms with Gasteiger partial charge in [0.25, 0.3) is 0 Å². The Labute approximate surface area is 96.1 Å². The first-order chi connectivity index (χ1) is 6.22. The molecule has 0 N–H and O–H groups in total. The first-order valence-corrected chi connectivity index (χ1v) is 6.34. The maximum atomic E-state index is 2.43. The van der Waals surface area contributed by atoms with Crippen LogP contribution < -0.4 is 0 Å². The molecule has 1 aromatic heterocycles. The molecular formula is C11H11IS. The Hall–Kier alpha value is -0.0900. The fraction of sp³-hybridized carbons (Fsp3) is 0.273. The number of hydrogen-bond donors (Lipinski definition) is 0. The Morgan fingerprint density at radius 2 is 2.15 bits per heavy atom. The third-order valence-electron chi connectivity index (χ3n) is 2.32. The van der Waals surface area contributed by atoms with Crippen LogP contribution in [-0.4, -0.2) is 0 Å². The summed E-state index contributed by atoms with van der Waals surface area (Å²) in [6, 6.07) is 4.63. The average Bonchev–Trinajstić information content (AvgIpc) is 2.47. The molecule has 2 aromatic rings. The van der Waals surface area contributed by atoms with Crippen LogP contribution in [-0.2, 0) is 6.42 Å². The Balaban J connectivity index is 2.76. The van der Waals surface area contributed by atoms with Gasteiger partial charge in [0.2, 0.25) is 0 Å². The van der Waals surface area contributed by atoms with Crippen molar-refractivity contribution >= 4 is 44.0 Å². The van der Waals surface area contributed by atoms with Crippen molar-refractivity contribution in [3.8, 4) is 0 Å². The van der Waals surface area contributed by atoms with E-state index in [0.717, 1.165) is 6.42 Å². The second kappa shape index (κ2) is 3.58. The number of fused-ring (bicyclic) bond motifs is 1. The number of aryl methyl sites for hydroxylation is 2. The fourth-order valence-electron chi connectivity index (χ4n) is 1.49. The lowest BCUT2D eigenvalue weighted by Crippen LogP contribution is -1.84. The van der Waals surface area contributed by atoms with Crippen LogP contribution in [0.15, 0.2) is 17.5 Å². The second-order valence-electron chi connectivity index (χ2n) is 3.21. The van der Waals surface area contributed by atoms with E-state index in [1.54, 1.807) is 0 Å². The molecule has 0 aliphatic carbocycles. The summed E-state index contributed by atoms with van der Waals surface area (Å²) in [7, 11) is 0. The van der Waals surface area contributed by atoms with E-state index in [-0.39, 0.29) is 0 Å². The van der Waals surface area contributed by atoms with Gasteiger partial charge in [0.15, 0.2) is 0 Å². The molecule has 0 spiro atoms. The minimum Gasteiger partial charge on any atom is -0.144 e. The lowest BCUT2D eigenvalue weighted by atomic mass is 10.1. The van der Waals surface area contributed by atoms with Gasteiger partial charge in [0, 0.05) is 8.27 Å². The van der Waals surface area contributed by atoms with Crippen LogP contribution in [0.1, 0.15) is 18.1 Å². The maximum Gasteiger partial charge on any atom is 0.0348 e.